The summed E-state index contributed by atoms with van der Waals surface area (Å²) in [5.74, 6) is 1.58. The summed E-state index contributed by atoms with van der Waals surface area (Å²) in [6, 6.07) is 0. The standard InChI is InChI=1S/C53H102O6/c1-47(2)39-33-27-21-17-13-11-9-7-8-10-12-14-19-23-30-36-42-51(54)57-45-50(46-58-52(55)43-37-31-26-25-29-35-41-49(5)6)59-53(56)44-38-32-24-20-16-15-18-22-28-34-40-48(3)4/h47-50H,7-46H2,1-6H3/t50-/m0/s1. The lowest BCUT2D eigenvalue weighted by atomic mass is 10.0. The molecule has 1 atom stereocenters. The van der Waals surface area contributed by atoms with E-state index in [2.05, 4.69) is 41.5 Å². The van der Waals surface area contributed by atoms with Crippen molar-refractivity contribution >= 4 is 17.9 Å². The van der Waals surface area contributed by atoms with Crippen LogP contribution in [0.15, 0.2) is 0 Å². The molecule has 0 unspecified atom stereocenters. The molecular formula is C53H102O6. The van der Waals surface area contributed by atoms with Crippen molar-refractivity contribution in [3.63, 3.8) is 0 Å². The molecule has 350 valence electrons. The molecule has 0 fully saturated rings. The average molecular weight is 835 g/mol. The number of carbonyl (C=O) groups is 3. The summed E-state index contributed by atoms with van der Waals surface area (Å²) in [6.07, 6.45) is 44.0. The minimum atomic E-state index is -0.763. The fourth-order valence-electron chi connectivity index (χ4n) is 7.94. The Balaban J connectivity index is 4.23. The van der Waals surface area contributed by atoms with Crippen LogP contribution in [0.3, 0.4) is 0 Å². The molecule has 0 bridgehead atoms. The fourth-order valence-corrected chi connectivity index (χ4v) is 7.94. The second-order valence-electron chi connectivity index (χ2n) is 19.6. The third kappa shape index (κ3) is 47.3. The maximum Gasteiger partial charge on any atom is 0.306 e. The van der Waals surface area contributed by atoms with Crippen LogP contribution in [-0.4, -0.2) is 37.2 Å². The average Bonchev–Trinajstić information content (AvgIpc) is 3.19. The van der Waals surface area contributed by atoms with Gasteiger partial charge >= 0.3 is 17.9 Å². The van der Waals surface area contributed by atoms with Gasteiger partial charge in [0.2, 0.25) is 0 Å². The van der Waals surface area contributed by atoms with Gasteiger partial charge in [-0.3, -0.25) is 14.4 Å². The van der Waals surface area contributed by atoms with E-state index in [9.17, 15) is 14.4 Å². The number of hydrogen-bond donors (Lipinski definition) is 0. The molecule has 6 nitrogen and oxygen atoms in total. The van der Waals surface area contributed by atoms with Crippen molar-refractivity contribution in [1.29, 1.82) is 0 Å². The van der Waals surface area contributed by atoms with Crippen LogP contribution in [0, 0.1) is 17.8 Å². The molecule has 0 aliphatic carbocycles. The summed E-state index contributed by atoms with van der Waals surface area (Å²) in [4.78, 5) is 37.9. The third-order valence-corrected chi connectivity index (χ3v) is 11.9. The molecule has 0 aromatic carbocycles. The van der Waals surface area contributed by atoms with Gasteiger partial charge in [-0.15, -0.1) is 0 Å². The molecule has 0 saturated carbocycles. The SMILES string of the molecule is CC(C)CCCCCCCCCCCCCCCCCCC(=O)OC[C@@H](COC(=O)CCCCCCCCC(C)C)OC(=O)CCCCCCCCCCCCC(C)C. The number of unbranched alkanes of at least 4 members (excludes halogenated alkanes) is 29. The van der Waals surface area contributed by atoms with Crippen molar-refractivity contribution in [2.75, 3.05) is 13.2 Å². The molecule has 0 aliphatic heterocycles. The first-order chi connectivity index (χ1) is 28.6. The van der Waals surface area contributed by atoms with E-state index in [4.69, 9.17) is 14.2 Å². The van der Waals surface area contributed by atoms with Crippen molar-refractivity contribution in [3.8, 4) is 0 Å². The lowest BCUT2D eigenvalue weighted by molar-refractivity contribution is -0.167. The van der Waals surface area contributed by atoms with E-state index in [1.807, 2.05) is 0 Å². The van der Waals surface area contributed by atoms with Crippen LogP contribution in [0.25, 0.3) is 0 Å². The molecular weight excluding hydrogens is 733 g/mol. The number of hydrogen-bond acceptors (Lipinski definition) is 6. The van der Waals surface area contributed by atoms with Gasteiger partial charge in [-0.2, -0.15) is 0 Å². The Kier molecular flexibility index (Phi) is 43.3. The van der Waals surface area contributed by atoms with Crippen LogP contribution in [0.2, 0.25) is 0 Å². The third-order valence-electron chi connectivity index (χ3n) is 11.9. The summed E-state index contributed by atoms with van der Waals surface area (Å²) in [6.45, 7) is 13.7. The van der Waals surface area contributed by atoms with Gasteiger partial charge in [-0.25, -0.2) is 0 Å². The maximum atomic E-state index is 12.8. The van der Waals surface area contributed by atoms with Gasteiger partial charge in [-0.1, -0.05) is 247 Å². The van der Waals surface area contributed by atoms with Crippen molar-refractivity contribution in [1.82, 2.24) is 0 Å². The van der Waals surface area contributed by atoms with Gasteiger partial charge in [0.15, 0.2) is 6.10 Å². The van der Waals surface area contributed by atoms with Crippen molar-refractivity contribution in [3.05, 3.63) is 0 Å². The highest BCUT2D eigenvalue weighted by molar-refractivity contribution is 5.71. The molecule has 0 spiro atoms. The van der Waals surface area contributed by atoms with E-state index in [-0.39, 0.29) is 31.1 Å². The van der Waals surface area contributed by atoms with Crippen molar-refractivity contribution in [2.45, 2.75) is 292 Å². The van der Waals surface area contributed by atoms with Crippen molar-refractivity contribution < 1.29 is 28.6 Å². The molecule has 0 heterocycles. The minimum absolute atomic E-state index is 0.0653. The first-order valence-corrected chi connectivity index (χ1v) is 26.1. The van der Waals surface area contributed by atoms with Crippen LogP contribution in [0.1, 0.15) is 286 Å². The summed E-state index contributed by atoms with van der Waals surface area (Å²) in [7, 11) is 0. The Morgan fingerprint density at radius 1 is 0.288 bits per heavy atom. The molecule has 0 amide bonds. The highest BCUT2D eigenvalue weighted by atomic mass is 16.6. The first kappa shape index (κ1) is 57.4. The van der Waals surface area contributed by atoms with E-state index in [1.54, 1.807) is 0 Å². The smallest absolute Gasteiger partial charge is 0.306 e. The zero-order valence-corrected chi connectivity index (χ0v) is 40.5. The van der Waals surface area contributed by atoms with E-state index in [1.165, 1.54) is 167 Å². The van der Waals surface area contributed by atoms with Gasteiger partial charge in [0.05, 0.1) is 0 Å². The number of rotatable bonds is 46. The Labute approximate surface area is 368 Å². The van der Waals surface area contributed by atoms with E-state index < -0.39 is 6.10 Å². The van der Waals surface area contributed by atoms with Gasteiger partial charge in [0.1, 0.15) is 13.2 Å². The second-order valence-corrected chi connectivity index (χ2v) is 19.6. The van der Waals surface area contributed by atoms with Crippen molar-refractivity contribution in [2.24, 2.45) is 17.8 Å². The van der Waals surface area contributed by atoms with E-state index in [0.29, 0.717) is 19.3 Å². The van der Waals surface area contributed by atoms with Gasteiger partial charge in [0.25, 0.3) is 0 Å². The molecule has 0 aromatic rings. The zero-order valence-electron chi connectivity index (χ0n) is 40.5. The minimum Gasteiger partial charge on any atom is -0.462 e. The van der Waals surface area contributed by atoms with E-state index in [0.717, 1.165) is 75.5 Å². The van der Waals surface area contributed by atoms with Gasteiger partial charge in [0, 0.05) is 19.3 Å². The molecule has 0 rings (SSSR count). The lowest BCUT2D eigenvalue weighted by Crippen LogP contribution is -2.30. The largest absolute Gasteiger partial charge is 0.462 e. The molecule has 59 heavy (non-hydrogen) atoms. The lowest BCUT2D eigenvalue weighted by Gasteiger charge is -2.18. The number of ether oxygens (including phenoxy) is 3. The highest BCUT2D eigenvalue weighted by Gasteiger charge is 2.19. The van der Waals surface area contributed by atoms with Crippen LogP contribution >= 0.6 is 0 Å². The highest BCUT2D eigenvalue weighted by Crippen LogP contribution is 2.18. The molecule has 0 N–H and O–H groups in total. The Morgan fingerprint density at radius 2 is 0.492 bits per heavy atom. The van der Waals surface area contributed by atoms with E-state index >= 15 is 0 Å². The molecule has 6 heteroatoms. The predicted molar refractivity (Wildman–Crippen MR) is 252 cm³/mol. The quantitative estimate of drug-likeness (QED) is 0.0345. The number of carbonyl (C=O) groups excluding carboxylic acids is 3. The molecule has 0 saturated heterocycles. The Morgan fingerprint density at radius 3 is 0.729 bits per heavy atom. The monoisotopic (exact) mass is 835 g/mol. The Bertz CT molecular complexity index is 914. The second kappa shape index (κ2) is 44.5. The summed E-state index contributed by atoms with van der Waals surface area (Å²) >= 11 is 0. The summed E-state index contributed by atoms with van der Waals surface area (Å²) in [5, 5.41) is 0. The molecule has 0 aliphatic rings. The predicted octanol–water partition coefficient (Wildman–Crippen LogP) is 16.8. The first-order valence-electron chi connectivity index (χ1n) is 26.1. The van der Waals surface area contributed by atoms with Gasteiger partial charge in [-0.05, 0) is 37.0 Å². The van der Waals surface area contributed by atoms with Crippen LogP contribution < -0.4 is 0 Å². The van der Waals surface area contributed by atoms with Crippen LogP contribution in [0.5, 0.6) is 0 Å². The molecule has 0 aromatic heterocycles. The summed E-state index contributed by atoms with van der Waals surface area (Å²) < 4.78 is 16.8. The zero-order chi connectivity index (χ0) is 43.4. The van der Waals surface area contributed by atoms with Crippen LogP contribution in [0.4, 0.5) is 0 Å². The maximum absolute atomic E-state index is 12.8. The topological polar surface area (TPSA) is 78.9 Å². The summed E-state index contributed by atoms with van der Waals surface area (Å²) in [5.41, 5.74) is 0. The van der Waals surface area contributed by atoms with Crippen LogP contribution in [-0.2, 0) is 28.6 Å². The normalized spacial score (nSPS) is 12.2. The Hall–Kier alpha value is -1.59. The fraction of sp³-hybridized carbons (Fsp3) is 0.943. The van der Waals surface area contributed by atoms with Gasteiger partial charge < -0.3 is 14.2 Å². The molecule has 0 radical (unpaired) electrons. The number of esters is 3.